The van der Waals surface area contributed by atoms with Crippen LogP contribution in [0.15, 0.2) is 0 Å². The van der Waals surface area contributed by atoms with Gasteiger partial charge in [-0.05, 0) is 31.1 Å². The minimum Gasteiger partial charge on any atom is -0.382 e. The van der Waals surface area contributed by atoms with Gasteiger partial charge in [-0.2, -0.15) is 0 Å². The Hall–Kier alpha value is -0.610. The van der Waals surface area contributed by atoms with Crippen molar-refractivity contribution in [1.82, 2.24) is 5.32 Å². The smallest absolute Gasteiger partial charge is 0.247 e. The van der Waals surface area contributed by atoms with E-state index in [2.05, 4.69) is 19.2 Å². The summed E-state index contributed by atoms with van der Waals surface area (Å²) in [5, 5.41) is 12.6. The van der Waals surface area contributed by atoms with Crippen molar-refractivity contribution in [3.63, 3.8) is 0 Å². The summed E-state index contributed by atoms with van der Waals surface area (Å²) >= 11 is 0. The van der Waals surface area contributed by atoms with Gasteiger partial charge in [-0.3, -0.25) is 4.79 Å². The van der Waals surface area contributed by atoms with Gasteiger partial charge in [0.05, 0.1) is 0 Å². The molecule has 0 bridgehead atoms. The number of hydrogen-bond acceptors (Lipinski definition) is 3. The molecule has 1 aliphatic carbocycles. The van der Waals surface area contributed by atoms with E-state index in [4.69, 9.17) is 5.73 Å². The zero-order chi connectivity index (χ0) is 12.8. The molecule has 0 aromatic rings. The fourth-order valence-electron chi connectivity index (χ4n) is 2.58. The predicted molar refractivity (Wildman–Crippen MR) is 68.4 cm³/mol. The second-order valence-electron chi connectivity index (χ2n) is 5.54. The molecular weight excluding hydrogens is 216 g/mol. The number of carbonyl (C=O) groups is 1. The number of amides is 1. The van der Waals surface area contributed by atoms with E-state index in [9.17, 15) is 9.90 Å². The molecule has 0 heterocycles. The van der Waals surface area contributed by atoms with E-state index in [-0.39, 0.29) is 6.54 Å². The summed E-state index contributed by atoms with van der Waals surface area (Å²) < 4.78 is 0. The highest BCUT2D eigenvalue weighted by Gasteiger charge is 2.21. The van der Waals surface area contributed by atoms with Gasteiger partial charge in [0.25, 0.3) is 0 Å². The highest BCUT2D eigenvalue weighted by atomic mass is 16.3. The summed E-state index contributed by atoms with van der Waals surface area (Å²) in [4.78, 5) is 10.7. The number of nitrogens with one attached hydrogen (secondary N) is 1. The van der Waals surface area contributed by atoms with Crippen LogP contribution in [0.2, 0.25) is 0 Å². The van der Waals surface area contributed by atoms with Crippen molar-refractivity contribution < 1.29 is 9.90 Å². The van der Waals surface area contributed by atoms with Gasteiger partial charge in [-0.25, -0.2) is 0 Å². The highest BCUT2D eigenvalue weighted by Crippen LogP contribution is 2.28. The van der Waals surface area contributed by atoms with Crippen LogP contribution in [0.25, 0.3) is 0 Å². The Labute approximate surface area is 104 Å². The van der Waals surface area contributed by atoms with Crippen LogP contribution in [0, 0.1) is 11.8 Å². The van der Waals surface area contributed by atoms with Gasteiger partial charge < -0.3 is 16.2 Å². The van der Waals surface area contributed by atoms with Gasteiger partial charge in [-0.15, -0.1) is 0 Å². The van der Waals surface area contributed by atoms with Crippen molar-refractivity contribution in [3.8, 4) is 0 Å². The maximum Gasteiger partial charge on any atom is 0.247 e. The van der Waals surface area contributed by atoms with Crippen LogP contribution in [0.3, 0.4) is 0 Å². The van der Waals surface area contributed by atoms with Gasteiger partial charge in [0.15, 0.2) is 0 Å². The Morgan fingerprint density at radius 3 is 2.65 bits per heavy atom. The quantitative estimate of drug-likeness (QED) is 0.630. The molecular formula is C13H26N2O2. The maximum absolute atomic E-state index is 10.7. The van der Waals surface area contributed by atoms with E-state index < -0.39 is 12.0 Å². The van der Waals surface area contributed by atoms with Gasteiger partial charge >= 0.3 is 0 Å². The van der Waals surface area contributed by atoms with Crippen molar-refractivity contribution >= 4 is 5.91 Å². The molecule has 1 saturated carbocycles. The van der Waals surface area contributed by atoms with Gasteiger partial charge in [-0.1, -0.05) is 26.7 Å². The zero-order valence-electron chi connectivity index (χ0n) is 11.0. The van der Waals surface area contributed by atoms with E-state index in [0.717, 1.165) is 24.7 Å². The first-order valence-corrected chi connectivity index (χ1v) is 6.71. The summed E-state index contributed by atoms with van der Waals surface area (Å²) in [6.45, 7) is 4.86. The summed E-state index contributed by atoms with van der Waals surface area (Å²) in [5.74, 6) is 0.930. The molecule has 1 fully saturated rings. The number of primary amides is 1. The second kappa shape index (κ2) is 6.97. The molecule has 1 amide bonds. The SMILES string of the molecule is CC(C)C1CCCC(NCC(O)C(N)=O)CC1. The maximum atomic E-state index is 10.7. The number of aliphatic hydroxyl groups excluding tert-OH is 1. The van der Waals surface area contributed by atoms with Crippen molar-refractivity contribution in [1.29, 1.82) is 0 Å². The van der Waals surface area contributed by atoms with E-state index in [1.807, 2.05) is 0 Å². The topological polar surface area (TPSA) is 75.3 Å². The number of carbonyl (C=O) groups excluding carboxylic acids is 1. The zero-order valence-corrected chi connectivity index (χ0v) is 11.0. The average Bonchev–Trinajstić information content (AvgIpc) is 2.50. The van der Waals surface area contributed by atoms with Crippen molar-refractivity contribution in [2.45, 2.75) is 58.1 Å². The third-order valence-electron chi connectivity index (χ3n) is 3.88. The summed E-state index contributed by atoms with van der Waals surface area (Å²) in [7, 11) is 0. The van der Waals surface area contributed by atoms with Gasteiger partial charge in [0.1, 0.15) is 6.10 Å². The average molecular weight is 242 g/mol. The standard InChI is InChI=1S/C13H26N2O2/c1-9(2)10-4-3-5-11(7-6-10)15-8-12(16)13(14)17/h9-12,15-16H,3-8H2,1-2H3,(H2,14,17). The monoisotopic (exact) mass is 242 g/mol. The number of rotatable bonds is 5. The molecule has 3 atom stereocenters. The number of nitrogens with two attached hydrogens (primary N) is 1. The summed E-state index contributed by atoms with van der Waals surface area (Å²) in [6.07, 6.45) is 4.98. The molecule has 1 aliphatic rings. The Morgan fingerprint density at radius 1 is 1.35 bits per heavy atom. The first kappa shape index (κ1) is 14.5. The van der Waals surface area contributed by atoms with Crippen LogP contribution in [-0.4, -0.2) is 29.7 Å². The first-order chi connectivity index (χ1) is 8.00. The van der Waals surface area contributed by atoms with Crippen LogP contribution in [0.1, 0.15) is 46.0 Å². The lowest BCUT2D eigenvalue weighted by atomic mass is 9.89. The molecule has 4 nitrogen and oxygen atoms in total. The molecule has 4 N–H and O–H groups in total. The van der Waals surface area contributed by atoms with Gasteiger partial charge in [0, 0.05) is 12.6 Å². The third-order valence-corrected chi connectivity index (χ3v) is 3.88. The molecule has 1 rings (SSSR count). The Kier molecular flexibility index (Phi) is 5.92. The van der Waals surface area contributed by atoms with Crippen LogP contribution in [-0.2, 0) is 4.79 Å². The summed E-state index contributed by atoms with van der Waals surface area (Å²) in [5.41, 5.74) is 5.02. The third kappa shape index (κ3) is 5.04. The molecule has 0 aliphatic heterocycles. The Balaban J connectivity index is 2.29. The minimum absolute atomic E-state index is 0.284. The van der Waals surface area contributed by atoms with Crippen LogP contribution < -0.4 is 11.1 Å². The lowest BCUT2D eigenvalue weighted by molar-refractivity contribution is -0.125. The van der Waals surface area contributed by atoms with Crippen molar-refractivity contribution in [2.75, 3.05) is 6.54 Å². The lowest BCUT2D eigenvalue weighted by Crippen LogP contribution is -2.41. The molecule has 0 aromatic carbocycles. The number of aliphatic hydroxyl groups is 1. The lowest BCUT2D eigenvalue weighted by Gasteiger charge is -2.19. The van der Waals surface area contributed by atoms with E-state index in [1.54, 1.807) is 0 Å². The Morgan fingerprint density at radius 2 is 2.06 bits per heavy atom. The van der Waals surface area contributed by atoms with Crippen molar-refractivity contribution in [3.05, 3.63) is 0 Å². The fraction of sp³-hybridized carbons (Fsp3) is 0.923. The molecule has 0 saturated heterocycles. The molecule has 17 heavy (non-hydrogen) atoms. The van der Waals surface area contributed by atoms with E-state index >= 15 is 0 Å². The van der Waals surface area contributed by atoms with E-state index in [1.165, 1.54) is 19.3 Å². The number of hydrogen-bond donors (Lipinski definition) is 3. The highest BCUT2D eigenvalue weighted by molar-refractivity contribution is 5.78. The van der Waals surface area contributed by atoms with E-state index in [0.29, 0.717) is 6.04 Å². The van der Waals surface area contributed by atoms with Crippen LogP contribution in [0.4, 0.5) is 0 Å². The van der Waals surface area contributed by atoms with Crippen molar-refractivity contribution in [2.24, 2.45) is 17.6 Å². The normalized spacial score (nSPS) is 27.8. The molecule has 0 aromatic heterocycles. The Bertz CT molecular complexity index is 244. The molecule has 3 unspecified atom stereocenters. The predicted octanol–water partition coefficient (Wildman–Crippen LogP) is 1.03. The van der Waals surface area contributed by atoms with Gasteiger partial charge in [0.2, 0.25) is 5.91 Å². The van der Waals surface area contributed by atoms with Crippen LogP contribution >= 0.6 is 0 Å². The molecule has 0 spiro atoms. The largest absolute Gasteiger partial charge is 0.382 e. The fourth-order valence-corrected chi connectivity index (χ4v) is 2.58. The minimum atomic E-state index is -1.06. The summed E-state index contributed by atoms with van der Waals surface area (Å²) in [6, 6.07) is 0.424. The molecule has 4 heteroatoms. The molecule has 100 valence electrons. The second-order valence-corrected chi connectivity index (χ2v) is 5.54. The molecule has 0 radical (unpaired) electrons. The van der Waals surface area contributed by atoms with Crippen LogP contribution in [0.5, 0.6) is 0 Å². The first-order valence-electron chi connectivity index (χ1n) is 6.71.